The Balaban J connectivity index is 2.71. The molecule has 4 unspecified atom stereocenters. The van der Waals surface area contributed by atoms with Gasteiger partial charge >= 0.3 is 0 Å². The van der Waals surface area contributed by atoms with Crippen molar-refractivity contribution >= 4 is 10.8 Å². The minimum Gasteiger partial charge on any atom is -0.316 e. The smallest absolute Gasteiger partial charge is 0.0506 e. The number of rotatable bonds is 4. The molecule has 0 heterocycles. The molecule has 1 aliphatic rings. The van der Waals surface area contributed by atoms with E-state index in [-0.39, 0.29) is 5.25 Å². The topological polar surface area (TPSA) is 29.1 Å². The highest BCUT2D eigenvalue weighted by Gasteiger charge is 2.35. The maximum atomic E-state index is 12.3. The Morgan fingerprint density at radius 3 is 2.25 bits per heavy atom. The van der Waals surface area contributed by atoms with Gasteiger partial charge in [-0.05, 0) is 38.1 Å². The van der Waals surface area contributed by atoms with E-state index in [4.69, 9.17) is 0 Å². The van der Waals surface area contributed by atoms with E-state index in [0.717, 1.165) is 18.3 Å². The number of hydrogen-bond donors (Lipinski definition) is 1. The molecule has 96 valence electrons. The molecule has 2 nitrogen and oxygen atoms in total. The molecule has 0 aromatic heterocycles. The molecule has 0 amide bonds. The lowest BCUT2D eigenvalue weighted by atomic mass is 9.79. The first-order valence-corrected chi connectivity index (χ1v) is 7.81. The third kappa shape index (κ3) is 3.30. The Labute approximate surface area is 103 Å². The van der Waals surface area contributed by atoms with Crippen LogP contribution in [0, 0.1) is 11.8 Å². The Kier molecular flexibility index (Phi) is 5.45. The fraction of sp³-hybridized carbons (Fsp3) is 1.00. The van der Waals surface area contributed by atoms with Crippen molar-refractivity contribution in [1.82, 2.24) is 5.32 Å². The van der Waals surface area contributed by atoms with E-state index in [1.807, 2.05) is 7.05 Å². The molecule has 0 saturated heterocycles. The van der Waals surface area contributed by atoms with Crippen molar-refractivity contribution in [2.45, 2.75) is 63.5 Å². The van der Waals surface area contributed by atoms with Crippen LogP contribution in [-0.2, 0) is 10.8 Å². The summed E-state index contributed by atoms with van der Waals surface area (Å²) in [5, 5.41) is 3.99. The van der Waals surface area contributed by atoms with Crippen LogP contribution < -0.4 is 5.32 Å². The molecule has 3 heteroatoms. The van der Waals surface area contributed by atoms with Crippen molar-refractivity contribution in [3.63, 3.8) is 0 Å². The van der Waals surface area contributed by atoms with Gasteiger partial charge in [-0.1, -0.05) is 27.7 Å². The summed E-state index contributed by atoms with van der Waals surface area (Å²) in [7, 11) is 1.32. The molecule has 1 saturated carbocycles. The lowest BCUT2D eigenvalue weighted by Crippen LogP contribution is -2.47. The Morgan fingerprint density at radius 2 is 1.81 bits per heavy atom. The summed E-state index contributed by atoms with van der Waals surface area (Å²) in [4.78, 5) is 0. The zero-order valence-electron chi connectivity index (χ0n) is 11.3. The molecule has 1 fully saturated rings. The molecule has 4 atom stereocenters. The Morgan fingerprint density at radius 1 is 1.19 bits per heavy atom. The molecule has 0 aliphatic heterocycles. The highest BCUT2D eigenvalue weighted by Crippen LogP contribution is 2.33. The monoisotopic (exact) mass is 245 g/mol. The SMILES string of the molecule is CNC1CCC(C(C)C)CC1S(=O)C(C)C. The van der Waals surface area contributed by atoms with Gasteiger partial charge in [-0.15, -0.1) is 0 Å². The van der Waals surface area contributed by atoms with E-state index in [9.17, 15) is 4.21 Å². The summed E-state index contributed by atoms with van der Waals surface area (Å²) in [6.07, 6.45) is 3.60. The van der Waals surface area contributed by atoms with Crippen LogP contribution in [0.25, 0.3) is 0 Å². The summed E-state index contributed by atoms with van der Waals surface area (Å²) in [6.45, 7) is 8.73. The average molecular weight is 245 g/mol. The van der Waals surface area contributed by atoms with Crippen molar-refractivity contribution < 1.29 is 4.21 Å². The highest BCUT2D eigenvalue weighted by molar-refractivity contribution is 7.86. The van der Waals surface area contributed by atoms with Crippen LogP contribution in [0.2, 0.25) is 0 Å². The van der Waals surface area contributed by atoms with Gasteiger partial charge in [0.05, 0.1) is 5.25 Å². The summed E-state index contributed by atoms with van der Waals surface area (Å²) in [5.74, 6) is 1.49. The summed E-state index contributed by atoms with van der Waals surface area (Å²) in [5.41, 5.74) is 0. The second kappa shape index (κ2) is 6.15. The Bertz CT molecular complexity index is 240. The van der Waals surface area contributed by atoms with E-state index >= 15 is 0 Å². The van der Waals surface area contributed by atoms with Crippen LogP contribution in [0.15, 0.2) is 0 Å². The molecule has 0 spiro atoms. The zero-order chi connectivity index (χ0) is 12.3. The van der Waals surface area contributed by atoms with Crippen LogP contribution >= 0.6 is 0 Å². The predicted octanol–water partition coefficient (Wildman–Crippen LogP) is 2.56. The van der Waals surface area contributed by atoms with Gasteiger partial charge in [0.2, 0.25) is 0 Å². The van der Waals surface area contributed by atoms with Crippen LogP contribution in [0.5, 0.6) is 0 Å². The van der Waals surface area contributed by atoms with Crippen LogP contribution in [0.3, 0.4) is 0 Å². The van der Waals surface area contributed by atoms with Gasteiger partial charge in [-0.25, -0.2) is 0 Å². The van der Waals surface area contributed by atoms with E-state index in [0.29, 0.717) is 11.3 Å². The summed E-state index contributed by atoms with van der Waals surface area (Å²) < 4.78 is 12.3. The van der Waals surface area contributed by atoms with Gasteiger partial charge in [-0.2, -0.15) is 0 Å². The van der Waals surface area contributed by atoms with E-state index in [1.54, 1.807) is 0 Å². The van der Waals surface area contributed by atoms with Crippen LogP contribution in [0.1, 0.15) is 47.0 Å². The van der Waals surface area contributed by atoms with E-state index < -0.39 is 10.8 Å². The van der Waals surface area contributed by atoms with Gasteiger partial charge in [0.25, 0.3) is 0 Å². The molecule has 0 bridgehead atoms. The Hall–Kier alpha value is 0.110. The van der Waals surface area contributed by atoms with Gasteiger partial charge in [-0.3, -0.25) is 4.21 Å². The number of nitrogens with one attached hydrogen (secondary N) is 1. The van der Waals surface area contributed by atoms with Crippen molar-refractivity contribution in [2.75, 3.05) is 7.05 Å². The van der Waals surface area contributed by atoms with Gasteiger partial charge < -0.3 is 5.32 Å². The van der Waals surface area contributed by atoms with Gasteiger partial charge in [0.1, 0.15) is 0 Å². The molecule has 1 rings (SSSR count). The maximum absolute atomic E-state index is 12.3. The third-order valence-electron chi connectivity index (χ3n) is 3.91. The van der Waals surface area contributed by atoms with Crippen molar-refractivity contribution in [2.24, 2.45) is 11.8 Å². The number of hydrogen-bond acceptors (Lipinski definition) is 2. The lowest BCUT2D eigenvalue weighted by Gasteiger charge is -2.38. The molecular weight excluding hydrogens is 218 g/mol. The lowest BCUT2D eigenvalue weighted by molar-refractivity contribution is 0.249. The fourth-order valence-electron chi connectivity index (χ4n) is 2.70. The van der Waals surface area contributed by atoms with Crippen molar-refractivity contribution in [1.29, 1.82) is 0 Å². The van der Waals surface area contributed by atoms with Crippen molar-refractivity contribution in [3.8, 4) is 0 Å². The summed E-state index contributed by atoms with van der Waals surface area (Å²) in [6, 6.07) is 0.457. The van der Waals surface area contributed by atoms with E-state index in [2.05, 4.69) is 33.0 Å². The largest absolute Gasteiger partial charge is 0.316 e. The molecule has 1 aliphatic carbocycles. The first-order chi connectivity index (χ1) is 7.47. The minimum absolute atomic E-state index is 0.284. The molecule has 0 aromatic carbocycles. The van der Waals surface area contributed by atoms with Gasteiger partial charge in [0, 0.05) is 22.1 Å². The maximum Gasteiger partial charge on any atom is 0.0506 e. The molecule has 1 N–H and O–H groups in total. The quantitative estimate of drug-likeness (QED) is 0.825. The second-order valence-electron chi connectivity index (χ2n) is 5.63. The van der Waals surface area contributed by atoms with Crippen LogP contribution in [-0.4, -0.2) is 27.8 Å². The fourth-order valence-corrected chi connectivity index (χ4v) is 4.43. The van der Waals surface area contributed by atoms with Crippen molar-refractivity contribution in [3.05, 3.63) is 0 Å². The molecular formula is C13H27NOS. The molecule has 0 radical (unpaired) electrons. The average Bonchev–Trinajstić information content (AvgIpc) is 2.26. The third-order valence-corrected chi connectivity index (χ3v) is 5.96. The molecule has 0 aromatic rings. The second-order valence-corrected chi connectivity index (χ2v) is 7.83. The zero-order valence-corrected chi connectivity index (χ0v) is 12.1. The van der Waals surface area contributed by atoms with Crippen LogP contribution in [0.4, 0.5) is 0 Å². The van der Waals surface area contributed by atoms with Gasteiger partial charge in [0.15, 0.2) is 0 Å². The van der Waals surface area contributed by atoms with E-state index in [1.165, 1.54) is 12.8 Å². The normalized spacial score (nSPS) is 33.3. The standard InChI is InChI=1S/C13H27NOS/c1-9(2)11-6-7-12(14-5)13(8-11)16(15)10(3)4/h9-14H,6-8H2,1-5H3. The predicted molar refractivity (Wildman–Crippen MR) is 72.1 cm³/mol. The summed E-state index contributed by atoms with van der Waals surface area (Å²) >= 11 is 0. The minimum atomic E-state index is -0.688. The molecule has 16 heavy (non-hydrogen) atoms. The highest BCUT2D eigenvalue weighted by atomic mass is 32.2. The first kappa shape index (κ1) is 14.2. The first-order valence-electron chi connectivity index (χ1n) is 6.54.